The summed E-state index contributed by atoms with van der Waals surface area (Å²) in [6.07, 6.45) is 5.27. The van der Waals surface area contributed by atoms with Crippen LogP contribution in [0.3, 0.4) is 0 Å². The molecule has 1 aliphatic rings. The number of aliphatic hydroxyl groups is 1. The van der Waals surface area contributed by atoms with Crippen LogP contribution in [0.2, 0.25) is 0 Å². The summed E-state index contributed by atoms with van der Waals surface area (Å²) in [5.74, 6) is 1.01. The van der Waals surface area contributed by atoms with Gasteiger partial charge in [0.1, 0.15) is 5.75 Å². The number of ether oxygens (including phenoxy) is 1. The number of nitrogens with one attached hydrogen (secondary N) is 2. The van der Waals surface area contributed by atoms with E-state index in [0.29, 0.717) is 23.9 Å². The molecule has 1 saturated carbocycles. The summed E-state index contributed by atoms with van der Waals surface area (Å²) in [7, 11) is 1.58. The summed E-state index contributed by atoms with van der Waals surface area (Å²) in [5, 5.41) is 15.6. The van der Waals surface area contributed by atoms with Gasteiger partial charge < -0.3 is 20.5 Å². The summed E-state index contributed by atoms with van der Waals surface area (Å²) >= 11 is 0. The molecule has 0 aromatic heterocycles. The zero-order chi connectivity index (χ0) is 15.1. The first-order chi connectivity index (χ1) is 10.2. The molecule has 1 aromatic rings. The molecule has 1 unspecified atom stereocenters. The fourth-order valence-corrected chi connectivity index (χ4v) is 2.76. The van der Waals surface area contributed by atoms with Crippen LogP contribution in [0.4, 0.5) is 10.5 Å². The van der Waals surface area contributed by atoms with Crippen molar-refractivity contribution in [2.24, 2.45) is 5.92 Å². The van der Waals surface area contributed by atoms with E-state index in [9.17, 15) is 9.90 Å². The van der Waals surface area contributed by atoms with Crippen molar-refractivity contribution >= 4 is 11.7 Å². The highest BCUT2D eigenvalue weighted by Crippen LogP contribution is 2.26. The van der Waals surface area contributed by atoms with Crippen LogP contribution in [-0.4, -0.2) is 30.9 Å². The summed E-state index contributed by atoms with van der Waals surface area (Å²) in [6.45, 7) is 0.292. The van der Waals surface area contributed by atoms with Crippen molar-refractivity contribution in [3.8, 4) is 5.75 Å². The molecule has 3 N–H and O–H groups in total. The SMILES string of the molecule is COc1cccc(NC(=O)NCC(O)C2CCCCC2)c1. The maximum atomic E-state index is 11.8. The van der Waals surface area contributed by atoms with E-state index < -0.39 is 6.10 Å². The Hall–Kier alpha value is -1.75. The number of hydrogen-bond acceptors (Lipinski definition) is 3. The first kappa shape index (κ1) is 15.6. The first-order valence-corrected chi connectivity index (χ1v) is 7.56. The predicted molar refractivity (Wildman–Crippen MR) is 82.6 cm³/mol. The third-order valence-electron chi connectivity index (χ3n) is 3.99. The minimum atomic E-state index is -0.457. The van der Waals surface area contributed by atoms with Gasteiger partial charge in [-0.25, -0.2) is 4.79 Å². The summed E-state index contributed by atoms with van der Waals surface area (Å²) in [5.41, 5.74) is 0.666. The van der Waals surface area contributed by atoms with Gasteiger partial charge in [0.15, 0.2) is 0 Å². The van der Waals surface area contributed by atoms with Gasteiger partial charge in [0.2, 0.25) is 0 Å². The quantitative estimate of drug-likeness (QED) is 0.781. The monoisotopic (exact) mass is 292 g/mol. The predicted octanol–water partition coefficient (Wildman–Crippen LogP) is 2.76. The van der Waals surface area contributed by atoms with Gasteiger partial charge in [0.25, 0.3) is 0 Å². The number of amides is 2. The lowest BCUT2D eigenvalue weighted by atomic mass is 9.85. The number of anilines is 1. The second kappa shape index (κ2) is 7.88. The second-order valence-corrected chi connectivity index (χ2v) is 5.53. The normalized spacial score (nSPS) is 17.0. The molecule has 0 heterocycles. The van der Waals surface area contributed by atoms with E-state index in [1.165, 1.54) is 19.3 Å². The van der Waals surface area contributed by atoms with E-state index in [1.54, 1.807) is 19.2 Å². The highest BCUT2D eigenvalue weighted by molar-refractivity contribution is 5.89. The van der Waals surface area contributed by atoms with Gasteiger partial charge >= 0.3 is 6.03 Å². The van der Waals surface area contributed by atoms with Crippen molar-refractivity contribution < 1.29 is 14.6 Å². The van der Waals surface area contributed by atoms with E-state index in [-0.39, 0.29) is 6.03 Å². The molecule has 2 rings (SSSR count). The number of carbonyl (C=O) groups excluding carboxylic acids is 1. The lowest BCUT2D eigenvalue weighted by Crippen LogP contribution is -2.39. The van der Waals surface area contributed by atoms with Crippen molar-refractivity contribution in [3.05, 3.63) is 24.3 Å². The Kier molecular flexibility index (Phi) is 5.87. The van der Waals surface area contributed by atoms with Crippen molar-refractivity contribution in [2.75, 3.05) is 19.0 Å². The molecule has 1 aliphatic carbocycles. The van der Waals surface area contributed by atoms with Gasteiger partial charge in [0.05, 0.1) is 13.2 Å². The van der Waals surface area contributed by atoms with Crippen molar-refractivity contribution in [1.29, 1.82) is 0 Å². The van der Waals surface area contributed by atoms with E-state index >= 15 is 0 Å². The molecule has 21 heavy (non-hydrogen) atoms. The largest absolute Gasteiger partial charge is 0.497 e. The Bertz CT molecular complexity index is 459. The molecule has 0 bridgehead atoms. The van der Waals surface area contributed by atoms with Gasteiger partial charge in [-0.3, -0.25) is 0 Å². The first-order valence-electron chi connectivity index (χ1n) is 7.56. The van der Waals surface area contributed by atoms with Crippen molar-refractivity contribution in [2.45, 2.75) is 38.2 Å². The number of hydrogen-bond donors (Lipinski definition) is 3. The van der Waals surface area contributed by atoms with E-state index in [4.69, 9.17) is 4.74 Å². The molecule has 5 nitrogen and oxygen atoms in total. The lowest BCUT2D eigenvalue weighted by molar-refractivity contribution is 0.0863. The van der Waals surface area contributed by atoms with E-state index in [0.717, 1.165) is 12.8 Å². The maximum absolute atomic E-state index is 11.8. The molecule has 0 saturated heterocycles. The Morgan fingerprint density at radius 1 is 1.38 bits per heavy atom. The average molecular weight is 292 g/mol. The minimum absolute atomic E-state index is 0.292. The van der Waals surface area contributed by atoms with Crippen LogP contribution in [0.5, 0.6) is 5.75 Å². The van der Waals surface area contributed by atoms with Crippen LogP contribution < -0.4 is 15.4 Å². The van der Waals surface area contributed by atoms with Gasteiger partial charge in [-0.05, 0) is 30.9 Å². The molecule has 1 aromatic carbocycles. The molecule has 0 spiro atoms. The fourth-order valence-electron chi connectivity index (χ4n) is 2.76. The topological polar surface area (TPSA) is 70.6 Å². The van der Waals surface area contributed by atoms with Crippen LogP contribution in [0, 0.1) is 5.92 Å². The smallest absolute Gasteiger partial charge is 0.319 e. The third-order valence-corrected chi connectivity index (χ3v) is 3.99. The van der Waals surface area contributed by atoms with Gasteiger partial charge in [-0.15, -0.1) is 0 Å². The molecule has 2 amide bonds. The maximum Gasteiger partial charge on any atom is 0.319 e. The Morgan fingerprint density at radius 3 is 2.86 bits per heavy atom. The lowest BCUT2D eigenvalue weighted by Gasteiger charge is -2.26. The van der Waals surface area contributed by atoms with Gasteiger partial charge in [-0.1, -0.05) is 25.3 Å². The summed E-state index contributed by atoms with van der Waals surface area (Å²) < 4.78 is 5.10. The molecule has 1 atom stereocenters. The number of benzene rings is 1. The van der Waals surface area contributed by atoms with Crippen molar-refractivity contribution in [3.63, 3.8) is 0 Å². The van der Waals surface area contributed by atoms with Gasteiger partial charge in [0, 0.05) is 18.3 Å². The number of rotatable bonds is 5. The Labute approximate surface area is 125 Å². The number of aliphatic hydroxyl groups excluding tert-OH is 1. The van der Waals surface area contributed by atoms with Crippen LogP contribution in [0.1, 0.15) is 32.1 Å². The molecule has 0 aliphatic heterocycles. The molecule has 116 valence electrons. The number of methoxy groups -OCH3 is 1. The van der Waals surface area contributed by atoms with Gasteiger partial charge in [-0.2, -0.15) is 0 Å². The molecule has 1 fully saturated rings. The van der Waals surface area contributed by atoms with Crippen LogP contribution in [0.15, 0.2) is 24.3 Å². The highest BCUT2D eigenvalue weighted by atomic mass is 16.5. The summed E-state index contributed by atoms with van der Waals surface area (Å²) in [6, 6.07) is 6.86. The third kappa shape index (κ3) is 4.93. The van der Waals surface area contributed by atoms with E-state index in [2.05, 4.69) is 10.6 Å². The molecule has 5 heteroatoms. The molecular weight excluding hydrogens is 268 g/mol. The molecule has 0 radical (unpaired) electrons. The van der Waals surface area contributed by atoms with Crippen LogP contribution in [0.25, 0.3) is 0 Å². The number of carbonyl (C=O) groups is 1. The van der Waals surface area contributed by atoms with E-state index in [1.807, 2.05) is 12.1 Å². The van der Waals surface area contributed by atoms with Crippen LogP contribution >= 0.6 is 0 Å². The van der Waals surface area contributed by atoms with Crippen molar-refractivity contribution in [1.82, 2.24) is 5.32 Å². The Morgan fingerprint density at radius 2 is 2.14 bits per heavy atom. The zero-order valence-electron chi connectivity index (χ0n) is 12.5. The fraction of sp³-hybridized carbons (Fsp3) is 0.562. The molecular formula is C16H24N2O3. The summed E-state index contributed by atoms with van der Waals surface area (Å²) in [4.78, 5) is 11.8. The zero-order valence-corrected chi connectivity index (χ0v) is 12.5. The van der Waals surface area contributed by atoms with Crippen LogP contribution in [-0.2, 0) is 0 Å². The minimum Gasteiger partial charge on any atom is -0.497 e. The Balaban J connectivity index is 1.76. The number of urea groups is 1. The standard InChI is InChI=1S/C16H24N2O3/c1-21-14-9-5-8-13(10-14)18-16(20)17-11-15(19)12-6-3-2-4-7-12/h5,8-10,12,15,19H,2-4,6-7,11H2,1H3,(H2,17,18,20). The highest BCUT2D eigenvalue weighted by Gasteiger charge is 2.21. The average Bonchev–Trinajstić information content (AvgIpc) is 2.53. The second-order valence-electron chi connectivity index (χ2n) is 5.53.